The van der Waals surface area contributed by atoms with E-state index in [1.165, 1.54) is 37.4 Å². The van der Waals surface area contributed by atoms with E-state index in [-0.39, 0.29) is 22.8 Å². The van der Waals surface area contributed by atoms with Gasteiger partial charge in [0.2, 0.25) is 5.91 Å². The van der Waals surface area contributed by atoms with Gasteiger partial charge in [-0.25, -0.2) is 14.1 Å². The number of non-ortho nitro benzene ring substituents is 1. The first-order valence-corrected chi connectivity index (χ1v) is 8.13. The first-order chi connectivity index (χ1) is 13.8. The Labute approximate surface area is 162 Å². The summed E-state index contributed by atoms with van der Waals surface area (Å²) in [6.45, 7) is 0. The third-order valence-corrected chi connectivity index (χ3v) is 4.03. The van der Waals surface area contributed by atoms with Gasteiger partial charge in [0.25, 0.3) is 11.6 Å². The Hall–Kier alpha value is -4.15. The summed E-state index contributed by atoms with van der Waals surface area (Å²) in [5, 5.41) is 12.9. The van der Waals surface area contributed by atoms with Gasteiger partial charge in [-0.3, -0.25) is 30.0 Å². The molecule has 1 atom stereocenters. The summed E-state index contributed by atoms with van der Waals surface area (Å²) in [7, 11) is 1.32. The average Bonchev–Trinajstić information content (AvgIpc) is 2.68. The maximum absolute atomic E-state index is 14.0. The molecular formula is C18H13FN4O6. The number of nitrogens with zero attached hydrogens (tertiary/aromatic N) is 3. The van der Waals surface area contributed by atoms with Crippen LogP contribution in [0.1, 0.15) is 0 Å². The molecule has 10 nitrogen and oxygen atoms in total. The summed E-state index contributed by atoms with van der Waals surface area (Å²) in [4.78, 5) is 51.6. The zero-order valence-corrected chi connectivity index (χ0v) is 14.9. The van der Waals surface area contributed by atoms with E-state index in [9.17, 15) is 28.9 Å². The lowest BCUT2D eigenvalue weighted by atomic mass is 10.1. The van der Waals surface area contributed by atoms with Crippen LogP contribution in [0.15, 0.2) is 47.5 Å². The Morgan fingerprint density at radius 1 is 1.24 bits per heavy atom. The smallest absolute Gasteiger partial charge is 0.335 e. The first kappa shape index (κ1) is 19.6. The fourth-order valence-corrected chi connectivity index (χ4v) is 2.63. The van der Waals surface area contributed by atoms with Crippen LogP contribution in [-0.2, 0) is 9.59 Å². The minimum absolute atomic E-state index is 0.00311. The van der Waals surface area contributed by atoms with Crippen molar-refractivity contribution in [2.45, 2.75) is 0 Å². The third kappa shape index (κ3) is 3.78. The summed E-state index contributed by atoms with van der Waals surface area (Å²) >= 11 is 0. The molecule has 0 aliphatic carbocycles. The number of benzene rings is 2. The van der Waals surface area contributed by atoms with Gasteiger partial charge in [0.1, 0.15) is 17.3 Å². The van der Waals surface area contributed by atoms with Crippen molar-refractivity contribution in [2.24, 2.45) is 10.9 Å². The Kier molecular flexibility index (Phi) is 5.30. The van der Waals surface area contributed by atoms with Gasteiger partial charge in [0.05, 0.1) is 17.7 Å². The molecule has 29 heavy (non-hydrogen) atoms. The van der Waals surface area contributed by atoms with Gasteiger partial charge < -0.3 is 4.74 Å². The van der Waals surface area contributed by atoms with E-state index >= 15 is 0 Å². The van der Waals surface area contributed by atoms with Crippen LogP contribution < -0.4 is 15.0 Å². The fourth-order valence-electron chi connectivity index (χ4n) is 2.63. The maximum Gasteiger partial charge on any atom is 0.335 e. The number of amides is 4. The second-order valence-corrected chi connectivity index (χ2v) is 5.79. The predicted molar refractivity (Wildman–Crippen MR) is 98.7 cm³/mol. The third-order valence-electron chi connectivity index (χ3n) is 4.03. The van der Waals surface area contributed by atoms with Crippen LogP contribution in [0, 0.1) is 21.8 Å². The molecule has 0 bridgehead atoms. The summed E-state index contributed by atoms with van der Waals surface area (Å²) in [6.07, 6.45) is 0.916. The zero-order valence-electron chi connectivity index (χ0n) is 14.9. The number of carbonyl (C=O) groups is 3. The number of para-hydroxylation sites is 1. The number of halogens is 1. The van der Waals surface area contributed by atoms with Crippen molar-refractivity contribution in [3.05, 3.63) is 58.4 Å². The number of nitro groups is 1. The van der Waals surface area contributed by atoms with Gasteiger partial charge in [-0.05, 0) is 18.2 Å². The summed E-state index contributed by atoms with van der Waals surface area (Å²) < 4.78 is 19.1. The Bertz CT molecular complexity index is 1050. The minimum Gasteiger partial charge on any atom is -0.494 e. The predicted octanol–water partition coefficient (Wildman–Crippen LogP) is 2.34. The van der Waals surface area contributed by atoms with Crippen LogP contribution in [0.25, 0.3) is 0 Å². The number of urea groups is 1. The Morgan fingerprint density at radius 3 is 2.62 bits per heavy atom. The first-order valence-electron chi connectivity index (χ1n) is 8.13. The van der Waals surface area contributed by atoms with E-state index in [1.54, 1.807) is 0 Å². The number of nitrogens with one attached hydrogen (secondary N) is 1. The van der Waals surface area contributed by atoms with Crippen molar-refractivity contribution < 1.29 is 28.4 Å². The van der Waals surface area contributed by atoms with Crippen molar-refractivity contribution in [2.75, 3.05) is 12.0 Å². The molecule has 148 valence electrons. The van der Waals surface area contributed by atoms with Crippen LogP contribution in [0.5, 0.6) is 5.75 Å². The van der Waals surface area contributed by atoms with E-state index in [4.69, 9.17) is 4.74 Å². The number of nitro benzene ring substituents is 1. The van der Waals surface area contributed by atoms with Crippen LogP contribution in [0.3, 0.4) is 0 Å². The van der Waals surface area contributed by atoms with E-state index in [2.05, 4.69) is 4.99 Å². The molecule has 0 spiro atoms. The molecule has 0 saturated carbocycles. The highest BCUT2D eigenvalue weighted by Gasteiger charge is 2.41. The quantitative estimate of drug-likeness (QED) is 0.355. The van der Waals surface area contributed by atoms with Crippen LogP contribution >= 0.6 is 0 Å². The molecule has 0 unspecified atom stereocenters. The van der Waals surface area contributed by atoms with Crippen molar-refractivity contribution in [1.29, 1.82) is 0 Å². The van der Waals surface area contributed by atoms with Gasteiger partial charge in [0.15, 0.2) is 5.92 Å². The number of hydrogen-bond donors (Lipinski definition) is 1. The molecule has 1 saturated heterocycles. The molecule has 0 radical (unpaired) electrons. The van der Waals surface area contributed by atoms with Crippen LogP contribution in [-0.4, -0.2) is 36.1 Å². The molecule has 2 aromatic rings. The highest BCUT2D eigenvalue weighted by atomic mass is 19.1. The summed E-state index contributed by atoms with van der Waals surface area (Å²) in [6, 6.07) is 7.58. The van der Waals surface area contributed by atoms with E-state index < -0.39 is 34.5 Å². The molecule has 0 aromatic heterocycles. The van der Waals surface area contributed by atoms with Gasteiger partial charge >= 0.3 is 6.03 Å². The van der Waals surface area contributed by atoms with Crippen molar-refractivity contribution in [3.8, 4) is 5.75 Å². The van der Waals surface area contributed by atoms with Crippen molar-refractivity contribution in [3.63, 3.8) is 0 Å². The van der Waals surface area contributed by atoms with Gasteiger partial charge in [-0.15, -0.1) is 0 Å². The molecule has 11 heteroatoms. The molecule has 2 aromatic carbocycles. The lowest BCUT2D eigenvalue weighted by Gasteiger charge is -2.28. The Morgan fingerprint density at radius 2 is 1.97 bits per heavy atom. The summed E-state index contributed by atoms with van der Waals surface area (Å²) in [5.74, 6) is -4.20. The molecule has 1 aliphatic heterocycles. The molecule has 1 aliphatic rings. The van der Waals surface area contributed by atoms with Gasteiger partial charge in [-0.2, -0.15) is 0 Å². The molecule has 1 N–H and O–H groups in total. The highest BCUT2D eigenvalue weighted by Crippen LogP contribution is 2.31. The fraction of sp³-hybridized carbons (Fsp3) is 0.111. The van der Waals surface area contributed by atoms with Crippen LogP contribution in [0.2, 0.25) is 0 Å². The number of aliphatic imine (C=N–C) groups is 1. The lowest BCUT2D eigenvalue weighted by molar-refractivity contribution is -0.384. The number of barbiturate groups is 1. The number of carbonyl (C=O) groups excluding carboxylic acids is 3. The van der Waals surface area contributed by atoms with E-state index in [0.29, 0.717) is 4.90 Å². The van der Waals surface area contributed by atoms with E-state index in [0.717, 1.165) is 18.3 Å². The van der Waals surface area contributed by atoms with Gasteiger partial charge in [-0.1, -0.05) is 12.1 Å². The van der Waals surface area contributed by atoms with Crippen molar-refractivity contribution in [1.82, 2.24) is 5.32 Å². The number of anilines is 1. The number of ether oxygens (including phenoxy) is 1. The number of imide groups is 2. The SMILES string of the molecule is COc1ccc([N+](=O)[O-])cc1N=C[C@H]1C(=O)NC(=O)N(c2ccccc2F)C1=O. The van der Waals surface area contributed by atoms with Gasteiger partial charge in [0, 0.05) is 18.3 Å². The lowest BCUT2D eigenvalue weighted by Crippen LogP contribution is -2.58. The molecule has 3 rings (SSSR count). The monoisotopic (exact) mass is 400 g/mol. The molecular weight excluding hydrogens is 387 g/mol. The Balaban J connectivity index is 1.96. The second-order valence-electron chi connectivity index (χ2n) is 5.79. The summed E-state index contributed by atoms with van der Waals surface area (Å²) in [5.41, 5.74) is -0.606. The standard InChI is InChI=1S/C18H13FN4O6/c1-29-15-7-6-10(23(27)28)8-13(15)20-9-11-16(24)21-18(26)22(17(11)25)14-5-3-2-4-12(14)19/h2-9,11H,1H3,(H,21,24,26)/t11-/m0/s1. The van der Waals surface area contributed by atoms with Crippen molar-refractivity contribution >= 4 is 41.1 Å². The minimum atomic E-state index is -1.56. The molecule has 4 amide bonds. The van der Waals surface area contributed by atoms with E-state index in [1.807, 2.05) is 5.32 Å². The van der Waals surface area contributed by atoms with Crippen LogP contribution in [0.4, 0.5) is 26.2 Å². The second kappa shape index (κ2) is 7.84. The number of rotatable bonds is 5. The number of hydrogen-bond acceptors (Lipinski definition) is 7. The maximum atomic E-state index is 14.0. The molecule has 1 heterocycles. The topological polar surface area (TPSA) is 131 Å². The normalized spacial score (nSPS) is 16.8. The largest absolute Gasteiger partial charge is 0.494 e. The average molecular weight is 400 g/mol. The zero-order chi connectivity index (χ0) is 21.1. The highest BCUT2D eigenvalue weighted by molar-refractivity contribution is 6.32. The molecule has 1 fully saturated rings. The number of methoxy groups -OCH3 is 1.